The van der Waals surface area contributed by atoms with Gasteiger partial charge in [0.05, 0.1) is 80.3 Å². The number of methoxy groups -OCH3 is 3. The maximum atomic E-state index is 13.3. The van der Waals surface area contributed by atoms with Crippen molar-refractivity contribution in [1.29, 1.82) is 0 Å². The zero-order valence-electron chi connectivity index (χ0n) is 74.6. The van der Waals surface area contributed by atoms with Crippen LogP contribution in [0.15, 0.2) is 237 Å². The maximum Gasteiger partial charge on any atom is 0.188 e. The average molecular weight is 2360 g/mol. The van der Waals surface area contributed by atoms with Crippen LogP contribution in [-0.4, -0.2) is 91.4 Å². The summed E-state index contributed by atoms with van der Waals surface area (Å²) in [6.45, 7) is 16.4. The third kappa shape index (κ3) is 57.3. The molecule has 12 aromatic rings. The number of phenols is 3. The molecule has 5 heterocycles. The second-order valence-corrected chi connectivity index (χ2v) is 31.3. The number of hydrogen-bond donors (Lipinski definition) is 5. The molecule has 7 aromatic carbocycles. The Kier molecular flexibility index (Phi) is 71.4. The summed E-state index contributed by atoms with van der Waals surface area (Å²) in [5.74, 6) is 21.7. The molecule has 5 N–H and O–H groups in total. The van der Waals surface area contributed by atoms with Crippen molar-refractivity contribution in [2.45, 2.75) is 120 Å². The molecule has 0 fully saturated rings. The lowest BCUT2D eigenvalue weighted by atomic mass is 10.2. The number of ether oxygens (including phenoxy) is 7. The predicted octanol–water partition coefficient (Wildman–Crippen LogP) is 27.1. The number of rotatable bonds is 16. The Balaban J connectivity index is 0.00000145. The van der Waals surface area contributed by atoms with Crippen molar-refractivity contribution in [3.8, 4) is 100 Å². The first-order valence-electron chi connectivity index (χ1n) is 39.6. The molecule has 0 saturated carbocycles. The third-order valence-corrected chi connectivity index (χ3v) is 20.1. The zero-order valence-corrected chi connectivity index (χ0v) is 86.8. The van der Waals surface area contributed by atoms with Gasteiger partial charge >= 0.3 is 0 Å². The van der Waals surface area contributed by atoms with Crippen LogP contribution in [0.2, 0.25) is 0 Å². The summed E-state index contributed by atoms with van der Waals surface area (Å²) in [5, 5.41) is 44.1. The van der Waals surface area contributed by atoms with Crippen LogP contribution < -0.4 is 18.9 Å². The summed E-state index contributed by atoms with van der Waals surface area (Å²) in [7, 11) is 4.57. The molecule has 0 amide bonds. The number of aryl methyl sites for hydroxylation is 3. The standard InChI is InChI=1S/C17H16FNO.C12H8BrFINO.C12H13FO2.C10H9FO.C8H8BrFO2.C7H8ClN.C7H9NO.C6H4BrFO.C6H6BrNO.C6H4FIO.2C4H6.C2H5ClO/c1-3-4-7-14-8-9-15(18)11-17(14)20-12-16-13(2)6-5-10-19-16;13-9-2-1-5-16-11(9)7-17-12-6-8(14)3-4-10(12)15;1-3-4-5-10-6-7-11(13)8-12(10)15-9-14-2;1-2-3-4-8-5-6-9(11)7-10(8)12;1-11-5-12-8-4-6(10)2-3-7(8)9;1-6-3-2-4-9-7(6)5-8;1-6-3-2-4-8-7(6)5-9;7-5-2-1-4(8)3-6(5)9;7-5-2-1-3-8-6(5)4-9;7-4-1-2-5(8)6(9)3-4;2*1-3-4-2;1-4-2-3/h5-6,8-11H,3,12H2,1-2H3;1-6H,7H2;6-8H,3,9H2,1-2H3;5-7,12H,2H2,1H3;2-4H,5H2,1H3;2-4H,5H2,1H3;2-4,9H,5H2,1H3;1-3,9H;1-3,9H,4H2;1-3,9H;2*1H,4H2,2H3;2H2,1H3. The molecule has 708 valence electrons. The van der Waals surface area contributed by atoms with Crippen LogP contribution in [0.5, 0.6) is 40.2 Å². The van der Waals surface area contributed by atoms with Crippen LogP contribution >= 0.6 is 132 Å². The molecule has 0 bridgehead atoms. The van der Waals surface area contributed by atoms with Crippen LogP contribution in [0.4, 0.5) is 30.7 Å². The molecule has 0 atom stereocenters. The Morgan fingerprint density at radius 3 is 1.03 bits per heavy atom. The van der Waals surface area contributed by atoms with Gasteiger partial charge in [0.2, 0.25) is 0 Å². The van der Waals surface area contributed by atoms with Gasteiger partial charge in [-0.3, -0.25) is 24.9 Å². The highest BCUT2D eigenvalue weighted by Crippen LogP contribution is 2.29. The number of aliphatic hydroxyl groups is 2. The van der Waals surface area contributed by atoms with Crippen LogP contribution in [-0.2, 0) is 46.5 Å². The zero-order chi connectivity index (χ0) is 99.7. The lowest BCUT2D eigenvalue weighted by molar-refractivity contribution is 0.0503. The number of aromatic nitrogens is 5. The number of aliphatic hydroxyl groups excluding tert-OH is 2. The van der Waals surface area contributed by atoms with Gasteiger partial charge in [-0.1, -0.05) is 99.9 Å². The number of halogens is 15. The molecule has 0 aliphatic carbocycles. The molecule has 12 rings (SSSR count). The summed E-state index contributed by atoms with van der Waals surface area (Å²) in [6.07, 6.45) is 22.0. The number of alkyl halides is 2. The van der Waals surface area contributed by atoms with E-state index in [0.29, 0.717) is 83.1 Å². The molecule has 0 aliphatic rings. The second-order valence-electron chi connectivity index (χ2n) is 25.1. The quantitative estimate of drug-likeness (QED) is 0.0199. The molecule has 0 radical (unpaired) electrons. The van der Waals surface area contributed by atoms with Gasteiger partial charge in [0.25, 0.3) is 0 Å². The minimum Gasteiger partial charge on any atom is -0.507 e. The lowest BCUT2D eigenvalue weighted by Crippen LogP contribution is -2.02. The number of terminal acetylenes is 2. The van der Waals surface area contributed by atoms with E-state index in [2.05, 4.69) is 168 Å². The van der Waals surface area contributed by atoms with E-state index in [-0.39, 0.29) is 67.3 Å². The van der Waals surface area contributed by atoms with E-state index < -0.39 is 17.5 Å². The largest absolute Gasteiger partial charge is 0.507 e. The molecular formula is C101H102Br4Cl2F7I2N5O12. The molecule has 0 spiro atoms. The molecule has 5 aromatic heterocycles. The van der Waals surface area contributed by atoms with Crippen LogP contribution in [0.25, 0.3) is 0 Å². The van der Waals surface area contributed by atoms with E-state index in [0.717, 1.165) is 102 Å². The molecule has 0 aliphatic heterocycles. The highest BCUT2D eigenvalue weighted by Gasteiger charge is 2.11. The Morgan fingerprint density at radius 2 is 0.677 bits per heavy atom. The van der Waals surface area contributed by atoms with Gasteiger partial charge in [-0.15, -0.1) is 36.3 Å². The number of benzene rings is 7. The summed E-state index contributed by atoms with van der Waals surface area (Å²) >= 11 is 27.4. The Bertz CT molecular complexity index is 5470. The molecule has 0 saturated heterocycles. The molecule has 133 heavy (non-hydrogen) atoms. The lowest BCUT2D eigenvalue weighted by Gasteiger charge is -2.09. The normalized spacial score (nSPS) is 9.28. The first-order valence-corrected chi connectivity index (χ1v) is 46.0. The summed E-state index contributed by atoms with van der Waals surface area (Å²) < 4.78 is 128. The Hall–Kier alpha value is -10.0. The topological polar surface area (TPSA) is 230 Å². The highest BCUT2D eigenvalue weighted by atomic mass is 127. The second kappa shape index (κ2) is 77.3. The van der Waals surface area contributed by atoms with Gasteiger partial charge in [-0.05, 0) is 274 Å². The van der Waals surface area contributed by atoms with Crippen molar-refractivity contribution in [1.82, 2.24) is 24.9 Å². The maximum absolute atomic E-state index is 13.3. The van der Waals surface area contributed by atoms with Gasteiger partial charge in [-0.2, -0.15) is 0 Å². The van der Waals surface area contributed by atoms with Crippen LogP contribution in [0.1, 0.15) is 129 Å². The van der Waals surface area contributed by atoms with Crippen molar-refractivity contribution in [2.75, 3.05) is 41.0 Å². The van der Waals surface area contributed by atoms with E-state index in [4.69, 9.17) is 80.2 Å². The molecule has 17 nitrogen and oxygen atoms in total. The van der Waals surface area contributed by atoms with E-state index in [1.807, 2.05) is 139 Å². The number of nitrogens with zero attached hydrogens (tertiary/aromatic N) is 5. The number of pyridine rings is 5. The Morgan fingerprint density at radius 1 is 0.353 bits per heavy atom. The van der Waals surface area contributed by atoms with Gasteiger partial charge in [-0.25, -0.2) is 30.7 Å². The van der Waals surface area contributed by atoms with Crippen molar-refractivity contribution in [2.24, 2.45) is 0 Å². The van der Waals surface area contributed by atoms with Crippen LogP contribution in [0, 0.1) is 129 Å². The third-order valence-electron chi connectivity index (χ3n) is 15.0. The first kappa shape index (κ1) is 123. The molecular weight excluding hydrogens is 2250 g/mol. The van der Waals surface area contributed by atoms with E-state index in [1.165, 1.54) is 99.1 Å². The van der Waals surface area contributed by atoms with Gasteiger partial charge < -0.3 is 58.7 Å². The predicted molar refractivity (Wildman–Crippen MR) is 544 cm³/mol. The number of aromatic hydroxyl groups is 3. The smallest absolute Gasteiger partial charge is 0.188 e. The minimum atomic E-state index is -0.449. The van der Waals surface area contributed by atoms with Crippen molar-refractivity contribution in [3.05, 3.63) is 347 Å². The van der Waals surface area contributed by atoms with Gasteiger partial charge in [0.1, 0.15) is 100 Å². The molecule has 0 unspecified atom stereocenters. The monoisotopic (exact) mass is 2350 g/mol. The van der Waals surface area contributed by atoms with Crippen LogP contribution in [0.3, 0.4) is 0 Å². The summed E-state index contributed by atoms with van der Waals surface area (Å²) in [6, 6.07) is 48.0. The highest BCUT2D eigenvalue weighted by molar-refractivity contribution is 14.1. The fourth-order valence-corrected chi connectivity index (χ4v) is 10.8. The SMILES string of the molecule is C#CCC.C#CCC.CCC#Cc1ccc(F)cc1O.CCC#Cc1ccc(F)cc1OCOC.CCC#Cc1ccc(F)cc1OCc1ncccc1C.COCCl.COCOc1cc(F)ccc1Br.Cc1cccnc1CCl.Cc1cccnc1CO.Fc1ccc(I)c(OCc2ncccc2Br)c1.OCc1ncccc1Br.Oc1cc(F)ccc1Br.Oc1cc(F)ccc1I. The van der Waals surface area contributed by atoms with E-state index in [9.17, 15) is 35.8 Å². The molecule has 32 heteroatoms. The summed E-state index contributed by atoms with van der Waals surface area (Å²) in [4.78, 5) is 20.3. The van der Waals surface area contributed by atoms with Crippen molar-refractivity contribution in [3.63, 3.8) is 0 Å². The van der Waals surface area contributed by atoms with Gasteiger partial charge in [0.15, 0.2) is 13.6 Å². The summed E-state index contributed by atoms with van der Waals surface area (Å²) in [5.41, 5.74) is 9.13. The van der Waals surface area contributed by atoms with E-state index in [1.54, 1.807) is 62.4 Å². The van der Waals surface area contributed by atoms with Crippen molar-refractivity contribution < 1.29 is 89.4 Å². The Labute approximate surface area is 846 Å². The van der Waals surface area contributed by atoms with Gasteiger partial charge in [0, 0.05) is 136 Å². The average Bonchev–Trinajstić information content (AvgIpc) is 0.859. The number of hydrogen-bond acceptors (Lipinski definition) is 17. The first-order chi connectivity index (χ1) is 63.8. The fraction of sp³-hybridized carbons (Fsp3) is 0.238. The number of phenolic OH excluding ortho intramolecular Hbond substituents is 3. The fourth-order valence-electron chi connectivity index (χ4n) is 8.35. The van der Waals surface area contributed by atoms with E-state index >= 15 is 0 Å². The minimum absolute atomic E-state index is 0.00407. The van der Waals surface area contributed by atoms with Crippen molar-refractivity contribution >= 4 is 132 Å².